The summed E-state index contributed by atoms with van der Waals surface area (Å²) >= 11 is 12.7. The molecule has 3 rings (SSSR count). The molecule has 0 aromatic heterocycles. The third-order valence-corrected chi connectivity index (χ3v) is 5.13. The Kier molecular flexibility index (Phi) is 5.07. The average molecular weight is 334 g/mol. The predicted octanol–water partition coefficient (Wildman–Crippen LogP) is 5.81. The van der Waals surface area contributed by atoms with E-state index < -0.39 is 0 Å². The summed E-state index contributed by atoms with van der Waals surface area (Å²) in [4.78, 5) is 2.53. The molecule has 0 amide bonds. The van der Waals surface area contributed by atoms with Crippen molar-refractivity contribution in [3.63, 3.8) is 0 Å². The van der Waals surface area contributed by atoms with Crippen LogP contribution < -0.4 is 0 Å². The maximum absolute atomic E-state index is 6.50. The van der Waals surface area contributed by atoms with Gasteiger partial charge in [-0.3, -0.25) is 4.90 Å². The smallest absolute Gasteiger partial charge is 0.0617 e. The molecule has 0 bridgehead atoms. The zero-order chi connectivity index (χ0) is 15.5. The summed E-state index contributed by atoms with van der Waals surface area (Å²) in [5, 5.41) is 1.60. The number of rotatable bonds is 3. The van der Waals surface area contributed by atoms with Gasteiger partial charge in [0, 0.05) is 10.0 Å². The molecule has 0 aliphatic carbocycles. The number of hydrogen-bond acceptors (Lipinski definition) is 1. The summed E-state index contributed by atoms with van der Waals surface area (Å²) in [6.07, 6.45) is 2.48. The second-order valence-electron chi connectivity index (χ2n) is 6.20. The summed E-state index contributed by atoms with van der Waals surface area (Å²) in [5.41, 5.74) is 2.39. The van der Waals surface area contributed by atoms with Crippen molar-refractivity contribution in [1.29, 1.82) is 0 Å². The average Bonchev–Trinajstić information content (AvgIpc) is 2.51. The fraction of sp³-hybridized carbons (Fsp3) is 0.368. The number of piperidine rings is 1. The lowest BCUT2D eigenvalue weighted by molar-refractivity contribution is 0.157. The van der Waals surface area contributed by atoms with Crippen LogP contribution in [0.25, 0.3) is 0 Å². The highest BCUT2D eigenvalue weighted by Gasteiger charge is 2.27. The SMILES string of the molecule is CC1CCN(C(c2cccc(Cl)c2)c2ccccc2Cl)CC1. The Balaban J connectivity index is 2.01. The first-order chi connectivity index (χ1) is 10.6. The number of benzene rings is 2. The summed E-state index contributed by atoms with van der Waals surface area (Å²) < 4.78 is 0. The normalized spacial score (nSPS) is 18.3. The molecule has 1 aliphatic heterocycles. The van der Waals surface area contributed by atoms with Crippen molar-refractivity contribution >= 4 is 23.2 Å². The second kappa shape index (κ2) is 7.04. The van der Waals surface area contributed by atoms with E-state index in [2.05, 4.69) is 36.1 Å². The van der Waals surface area contributed by atoms with Gasteiger partial charge in [-0.25, -0.2) is 0 Å². The van der Waals surface area contributed by atoms with Crippen molar-refractivity contribution < 1.29 is 0 Å². The van der Waals surface area contributed by atoms with Gasteiger partial charge in [0.1, 0.15) is 0 Å². The van der Waals surface area contributed by atoms with E-state index in [9.17, 15) is 0 Å². The van der Waals surface area contributed by atoms with Crippen molar-refractivity contribution in [3.05, 3.63) is 69.7 Å². The Bertz CT molecular complexity index is 633. The third kappa shape index (κ3) is 3.48. The van der Waals surface area contributed by atoms with Crippen LogP contribution in [0, 0.1) is 5.92 Å². The van der Waals surface area contributed by atoms with Crippen LogP contribution in [0.15, 0.2) is 48.5 Å². The molecule has 3 heteroatoms. The Hall–Kier alpha value is -1.02. The number of nitrogens with zero attached hydrogens (tertiary/aromatic N) is 1. The van der Waals surface area contributed by atoms with Crippen LogP contribution in [0.3, 0.4) is 0 Å². The van der Waals surface area contributed by atoms with Crippen LogP contribution in [0.4, 0.5) is 0 Å². The molecule has 0 radical (unpaired) electrons. The molecule has 1 unspecified atom stereocenters. The van der Waals surface area contributed by atoms with Crippen molar-refractivity contribution in [3.8, 4) is 0 Å². The van der Waals surface area contributed by atoms with E-state index in [0.717, 1.165) is 29.1 Å². The molecular formula is C19H21Cl2N. The minimum absolute atomic E-state index is 0.180. The molecule has 1 atom stereocenters. The Labute approximate surface area is 142 Å². The second-order valence-corrected chi connectivity index (χ2v) is 7.04. The first-order valence-electron chi connectivity index (χ1n) is 7.89. The first kappa shape index (κ1) is 15.9. The van der Waals surface area contributed by atoms with E-state index in [1.165, 1.54) is 24.0 Å². The fourth-order valence-electron chi connectivity index (χ4n) is 3.25. The summed E-state index contributed by atoms with van der Waals surface area (Å²) in [6.45, 7) is 4.54. The van der Waals surface area contributed by atoms with Gasteiger partial charge < -0.3 is 0 Å². The zero-order valence-corrected chi connectivity index (χ0v) is 14.3. The lowest BCUT2D eigenvalue weighted by Crippen LogP contribution is -2.36. The summed E-state index contributed by atoms with van der Waals surface area (Å²) in [6, 6.07) is 16.5. The monoisotopic (exact) mass is 333 g/mol. The van der Waals surface area contributed by atoms with E-state index in [1.54, 1.807) is 0 Å². The highest BCUT2D eigenvalue weighted by Crippen LogP contribution is 2.36. The molecule has 0 saturated carbocycles. The molecule has 1 saturated heterocycles. The van der Waals surface area contributed by atoms with Crippen molar-refractivity contribution in [1.82, 2.24) is 4.90 Å². The summed E-state index contributed by atoms with van der Waals surface area (Å²) in [5.74, 6) is 0.808. The van der Waals surface area contributed by atoms with Gasteiger partial charge in [0.25, 0.3) is 0 Å². The molecule has 1 heterocycles. The first-order valence-corrected chi connectivity index (χ1v) is 8.64. The lowest BCUT2D eigenvalue weighted by atomic mass is 9.92. The maximum atomic E-state index is 6.50. The molecule has 0 N–H and O–H groups in total. The van der Waals surface area contributed by atoms with Gasteiger partial charge in [-0.2, -0.15) is 0 Å². The Morgan fingerprint density at radius 1 is 1.00 bits per heavy atom. The molecule has 1 aliphatic rings. The van der Waals surface area contributed by atoms with E-state index >= 15 is 0 Å². The van der Waals surface area contributed by atoms with Crippen LogP contribution in [0.2, 0.25) is 10.0 Å². The molecule has 22 heavy (non-hydrogen) atoms. The van der Waals surface area contributed by atoms with Gasteiger partial charge >= 0.3 is 0 Å². The third-order valence-electron chi connectivity index (χ3n) is 4.55. The standard InChI is InChI=1S/C19H21Cl2N/c1-14-9-11-22(12-10-14)19(15-5-4-6-16(20)13-15)17-7-2-3-8-18(17)21/h2-8,13-14,19H,9-12H2,1H3. The molecule has 1 fully saturated rings. The molecule has 0 spiro atoms. The topological polar surface area (TPSA) is 3.24 Å². The van der Waals surface area contributed by atoms with Crippen LogP contribution in [-0.2, 0) is 0 Å². The predicted molar refractivity (Wildman–Crippen MR) is 94.7 cm³/mol. The van der Waals surface area contributed by atoms with Crippen LogP contribution >= 0.6 is 23.2 Å². The van der Waals surface area contributed by atoms with E-state index in [1.807, 2.05) is 24.3 Å². The lowest BCUT2D eigenvalue weighted by Gasteiger charge is -2.37. The molecule has 1 nitrogen and oxygen atoms in total. The molecule has 116 valence electrons. The number of likely N-dealkylation sites (tertiary alicyclic amines) is 1. The molecular weight excluding hydrogens is 313 g/mol. The van der Waals surface area contributed by atoms with Gasteiger partial charge in [0.05, 0.1) is 6.04 Å². The highest BCUT2D eigenvalue weighted by molar-refractivity contribution is 6.31. The minimum atomic E-state index is 0.180. The largest absolute Gasteiger partial charge is 0.292 e. The van der Waals surface area contributed by atoms with E-state index in [-0.39, 0.29) is 6.04 Å². The van der Waals surface area contributed by atoms with Gasteiger partial charge in [0.15, 0.2) is 0 Å². The number of halogens is 2. The van der Waals surface area contributed by atoms with Crippen LogP contribution in [0.1, 0.15) is 36.9 Å². The highest BCUT2D eigenvalue weighted by atomic mass is 35.5. The summed E-state index contributed by atoms with van der Waals surface area (Å²) in [7, 11) is 0. The van der Waals surface area contributed by atoms with Crippen molar-refractivity contribution in [2.24, 2.45) is 5.92 Å². The van der Waals surface area contributed by atoms with Crippen LogP contribution in [0.5, 0.6) is 0 Å². The Morgan fingerprint density at radius 2 is 1.73 bits per heavy atom. The van der Waals surface area contributed by atoms with Crippen LogP contribution in [-0.4, -0.2) is 18.0 Å². The van der Waals surface area contributed by atoms with Gasteiger partial charge in [-0.15, -0.1) is 0 Å². The molecule has 2 aromatic rings. The number of hydrogen-bond donors (Lipinski definition) is 0. The minimum Gasteiger partial charge on any atom is -0.292 e. The Morgan fingerprint density at radius 3 is 2.41 bits per heavy atom. The zero-order valence-electron chi connectivity index (χ0n) is 12.8. The van der Waals surface area contributed by atoms with Crippen molar-refractivity contribution in [2.45, 2.75) is 25.8 Å². The van der Waals surface area contributed by atoms with Crippen molar-refractivity contribution in [2.75, 3.05) is 13.1 Å². The maximum Gasteiger partial charge on any atom is 0.0617 e. The van der Waals surface area contributed by atoms with Gasteiger partial charge in [-0.05, 0) is 61.2 Å². The molecule has 2 aromatic carbocycles. The van der Waals surface area contributed by atoms with E-state index in [4.69, 9.17) is 23.2 Å². The quantitative estimate of drug-likeness (QED) is 0.684. The van der Waals surface area contributed by atoms with Gasteiger partial charge in [-0.1, -0.05) is 60.5 Å². The fourth-order valence-corrected chi connectivity index (χ4v) is 3.69. The van der Waals surface area contributed by atoms with E-state index in [0.29, 0.717) is 0 Å². The van der Waals surface area contributed by atoms with Gasteiger partial charge in [0.2, 0.25) is 0 Å².